The van der Waals surface area contributed by atoms with Gasteiger partial charge in [0.15, 0.2) is 0 Å². The van der Waals surface area contributed by atoms with Crippen molar-refractivity contribution in [1.29, 1.82) is 5.26 Å². The molecule has 0 aliphatic heterocycles. The molecule has 3 aromatic carbocycles. The van der Waals surface area contributed by atoms with Crippen molar-refractivity contribution in [3.63, 3.8) is 0 Å². The average Bonchev–Trinajstić information content (AvgIpc) is 2.61. The smallest absolute Gasteiger partial charge is 0.137 e. The minimum atomic E-state index is 0.432. The highest BCUT2D eigenvalue weighted by Gasteiger charge is 2.08. The zero-order valence-electron chi connectivity index (χ0n) is 12.4. The highest BCUT2D eigenvalue weighted by Crippen LogP contribution is 2.31. The molecule has 0 saturated heterocycles. The van der Waals surface area contributed by atoms with Gasteiger partial charge in [-0.2, -0.15) is 5.26 Å². The van der Waals surface area contributed by atoms with E-state index in [1.165, 1.54) is 0 Å². The lowest BCUT2D eigenvalue weighted by Gasteiger charge is -2.10. The Morgan fingerprint density at radius 2 is 1.65 bits per heavy atom. The molecule has 23 heavy (non-hydrogen) atoms. The van der Waals surface area contributed by atoms with E-state index in [0.717, 1.165) is 16.7 Å². The van der Waals surface area contributed by atoms with Crippen LogP contribution in [0.15, 0.2) is 72.8 Å². The molecule has 0 radical (unpaired) electrons. The van der Waals surface area contributed by atoms with E-state index < -0.39 is 0 Å². The van der Waals surface area contributed by atoms with Crippen molar-refractivity contribution in [2.75, 3.05) is 0 Å². The molecule has 3 aromatic rings. The zero-order chi connectivity index (χ0) is 16.1. The van der Waals surface area contributed by atoms with E-state index in [-0.39, 0.29) is 0 Å². The predicted octanol–water partition coefficient (Wildman–Crippen LogP) is 5.46. The Morgan fingerprint density at radius 3 is 2.39 bits per heavy atom. The third-order valence-corrected chi connectivity index (χ3v) is 3.85. The van der Waals surface area contributed by atoms with Gasteiger partial charge in [-0.1, -0.05) is 66.2 Å². The van der Waals surface area contributed by atoms with Crippen LogP contribution < -0.4 is 4.74 Å². The molecular formula is C20H14ClNO. The Balaban J connectivity index is 1.86. The number of hydrogen-bond acceptors (Lipinski definition) is 2. The second-order valence-electron chi connectivity index (χ2n) is 5.08. The Bertz CT molecular complexity index is 853. The minimum absolute atomic E-state index is 0.432. The quantitative estimate of drug-likeness (QED) is 0.640. The maximum atomic E-state index is 9.39. The number of hydrogen-bond donors (Lipinski definition) is 0. The van der Waals surface area contributed by atoms with E-state index in [2.05, 4.69) is 6.07 Å². The van der Waals surface area contributed by atoms with Crippen LogP contribution in [0.3, 0.4) is 0 Å². The summed E-state index contributed by atoms with van der Waals surface area (Å²) in [4.78, 5) is 0. The van der Waals surface area contributed by atoms with Crippen LogP contribution in [0.1, 0.15) is 11.1 Å². The number of nitrogens with zero attached hydrogens (tertiary/aromatic N) is 1. The fourth-order valence-corrected chi connectivity index (χ4v) is 2.59. The highest BCUT2D eigenvalue weighted by molar-refractivity contribution is 6.33. The third kappa shape index (κ3) is 3.53. The van der Waals surface area contributed by atoms with Gasteiger partial charge in [-0.15, -0.1) is 0 Å². The second-order valence-corrected chi connectivity index (χ2v) is 5.48. The van der Waals surface area contributed by atoms with Gasteiger partial charge in [-0.3, -0.25) is 0 Å². The number of rotatable bonds is 4. The molecule has 3 rings (SSSR count). The van der Waals surface area contributed by atoms with Crippen LogP contribution in [-0.2, 0) is 6.61 Å². The lowest BCUT2D eigenvalue weighted by atomic mass is 10.0. The minimum Gasteiger partial charge on any atom is -0.488 e. The molecule has 0 aromatic heterocycles. The van der Waals surface area contributed by atoms with Gasteiger partial charge < -0.3 is 4.74 Å². The molecule has 0 bridgehead atoms. The SMILES string of the molecule is N#Cc1cc(-c2ccccc2Cl)ccc1OCc1ccccc1. The van der Waals surface area contributed by atoms with Crippen LogP contribution in [0.5, 0.6) is 5.75 Å². The molecule has 112 valence electrons. The molecule has 0 aliphatic carbocycles. The standard InChI is InChI=1S/C20H14ClNO/c21-19-9-5-4-8-18(19)16-10-11-20(17(12-16)13-22)23-14-15-6-2-1-3-7-15/h1-12H,14H2. The van der Waals surface area contributed by atoms with Crippen molar-refractivity contribution < 1.29 is 4.74 Å². The van der Waals surface area contributed by atoms with Gasteiger partial charge in [0, 0.05) is 10.6 Å². The fraction of sp³-hybridized carbons (Fsp3) is 0.0500. The van der Waals surface area contributed by atoms with Crippen LogP contribution in [-0.4, -0.2) is 0 Å². The van der Waals surface area contributed by atoms with Crippen LogP contribution in [0.25, 0.3) is 11.1 Å². The van der Waals surface area contributed by atoms with Crippen molar-refractivity contribution in [1.82, 2.24) is 0 Å². The topological polar surface area (TPSA) is 33.0 Å². The third-order valence-electron chi connectivity index (χ3n) is 3.52. The molecule has 0 fully saturated rings. The van der Waals surface area contributed by atoms with Crippen molar-refractivity contribution in [2.45, 2.75) is 6.61 Å². The molecule has 0 atom stereocenters. The normalized spacial score (nSPS) is 10.1. The van der Waals surface area contributed by atoms with Gasteiger partial charge in [-0.25, -0.2) is 0 Å². The molecule has 0 amide bonds. The van der Waals surface area contributed by atoms with E-state index >= 15 is 0 Å². The Kier molecular flexibility index (Phi) is 4.61. The largest absolute Gasteiger partial charge is 0.488 e. The van der Waals surface area contributed by atoms with E-state index in [1.807, 2.05) is 72.8 Å². The zero-order valence-corrected chi connectivity index (χ0v) is 13.1. The molecule has 0 heterocycles. The summed E-state index contributed by atoms with van der Waals surface area (Å²) < 4.78 is 5.78. The molecule has 0 spiro atoms. The van der Waals surface area contributed by atoms with Crippen LogP contribution in [0.2, 0.25) is 5.02 Å². The summed E-state index contributed by atoms with van der Waals surface area (Å²) in [5.74, 6) is 0.576. The number of ether oxygens (including phenoxy) is 1. The lowest BCUT2D eigenvalue weighted by molar-refractivity contribution is 0.305. The van der Waals surface area contributed by atoms with Gasteiger partial charge in [0.05, 0.1) is 5.56 Å². The van der Waals surface area contributed by atoms with Crippen molar-refractivity contribution in [2.24, 2.45) is 0 Å². The summed E-state index contributed by atoms with van der Waals surface area (Å²) in [7, 11) is 0. The lowest BCUT2D eigenvalue weighted by Crippen LogP contribution is -1.97. The molecule has 0 N–H and O–H groups in total. The fourth-order valence-electron chi connectivity index (χ4n) is 2.34. The molecule has 2 nitrogen and oxygen atoms in total. The van der Waals surface area contributed by atoms with Crippen LogP contribution in [0, 0.1) is 11.3 Å². The summed E-state index contributed by atoms with van der Waals surface area (Å²) in [5.41, 5.74) is 3.37. The summed E-state index contributed by atoms with van der Waals surface area (Å²) in [5, 5.41) is 10.1. The first-order valence-corrected chi connectivity index (χ1v) is 7.61. The summed E-state index contributed by atoms with van der Waals surface area (Å²) >= 11 is 6.22. The first-order chi connectivity index (χ1) is 11.3. The monoisotopic (exact) mass is 319 g/mol. The van der Waals surface area contributed by atoms with Gasteiger partial charge in [0.1, 0.15) is 18.4 Å². The molecule has 0 aliphatic rings. The number of halogens is 1. The first kappa shape index (κ1) is 15.1. The molecule has 0 unspecified atom stereocenters. The van der Waals surface area contributed by atoms with E-state index in [1.54, 1.807) is 0 Å². The maximum absolute atomic E-state index is 9.39. The van der Waals surface area contributed by atoms with Crippen molar-refractivity contribution in [3.8, 4) is 22.9 Å². The Morgan fingerprint density at radius 1 is 0.913 bits per heavy atom. The molecule has 3 heteroatoms. The summed E-state index contributed by atoms with van der Waals surface area (Å²) in [6.45, 7) is 0.432. The van der Waals surface area contributed by atoms with E-state index in [0.29, 0.717) is 22.9 Å². The Labute approximate surface area is 140 Å². The van der Waals surface area contributed by atoms with Crippen LogP contribution >= 0.6 is 11.6 Å². The van der Waals surface area contributed by atoms with Gasteiger partial charge in [0.2, 0.25) is 0 Å². The van der Waals surface area contributed by atoms with Gasteiger partial charge in [0.25, 0.3) is 0 Å². The highest BCUT2D eigenvalue weighted by atomic mass is 35.5. The summed E-state index contributed by atoms with van der Waals surface area (Å²) in [6.07, 6.45) is 0. The Hall–Kier alpha value is -2.76. The first-order valence-electron chi connectivity index (χ1n) is 7.24. The van der Waals surface area contributed by atoms with Gasteiger partial charge >= 0.3 is 0 Å². The van der Waals surface area contributed by atoms with Gasteiger partial charge in [-0.05, 0) is 29.3 Å². The average molecular weight is 320 g/mol. The van der Waals surface area contributed by atoms with Crippen molar-refractivity contribution >= 4 is 11.6 Å². The number of benzene rings is 3. The number of nitriles is 1. The molecular weight excluding hydrogens is 306 g/mol. The van der Waals surface area contributed by atoms with E-state index in [9.17, 15) is 5.26 Å². The van der Waals surface area contributed by atoms with Crippen LogP contribution in [0.4, 0.5) is 0 Å². The summed E-state index contributed by atoms with van der Waals surface area (Å²) in [6, 6.07) is 25.2. The van der Waals surface area contributed by atoms with Crippen molar-refractivity contribution in [3.05, 3.63) is 88.9 Å². The second kappa shape index (κ2) is 7.00. The predicted molar refractivity (Wildman–Crippen MR) is 92.4 cm³/mol. The molecule has 0 saturated carbocycles. The van der Waals surface area contributed by atoms with E-state index in [4.69, 9.17) is 16.3 Å². The maximum Gasteiger partial charge on any atom is 0.137 e.